The lowest BCUT2D eigenvalue weighted by Crippen LogP contribution is -2.41. The number of nitrogens with zero attached hydrogens (tertiary/aromatic N) is 1. The number of aliphatic hydroxyl groups is 2. The molecule has 0 radical (unpaired) electrons. The van der Waals surface area contributed by atoms with Crippen LogP contribution in [0.4, 0.5) is 0 Å². The van der Waals surface area contributed by atoms with E-state index >= 15 is 0 Å². The van der Waals surface area contributed by atoms with Crippen LogP contribution in [0.15, 0.2) is 0 Å². The summed E-state index contributed by atoms with van der Waals surface area (Å²) < 4.78 is 0. The average molecular weight is 232 g/mol. The highest BCUT2D eigenvalue weighted by Crippen LogP contribution is 1.97. The molecule has 16 heavy (non-hydrogen) atoms. The molecule has 0 aliphatic rings. The van der Waals surface area contributed by atoms with Crippen molar-refractivity contribution in [1.82, 2.24) is 10.2 Å². The summed E-state index contributed by atoms with van der Waals surface area (Å²) in [5.41, 5.74) is 0. The van der Waals surface area contributed by atoms with Gasteiger partial charge in [0.1, 0.15) is 0 Å². The summed E-state index contributed by atoms with van der Waals surface area (Å²) in [5.74, 6) is 0. The molecular weight excluding hydrogens is 204 g/mol. The number of aliphatic hydroxyl groups excluding tert-OH is 2. The van der Waals surface area contributed by atoms with Crippen molar-refractivity contribution < 1.29 is 10.2 Å². The topological polar surface area (TPSA) is 55.7 Å². The summed E-state index contributed by atoms with van der Waals surface area (Å²) in [4.78, 5) is 2.21. The maximum absolute atomic E-state index is 9.83. The van der Waals surface area contributed by atoms with Crippen molar-refractivity contribution in [3.8, 4) is 0 Å². The Labute approximate surface area is 99.7 Å². The Morgan fingerprint density at radius 2 is 1.81 bits per heavy atom. The van der Waals surface area contributed by atoms with Gasteiger partial charge in [0, 0.05) is 25.7 Å². The molecule has 4 nitrogen and oxygen atoms in total. The quantitative estimate of drug-likeness (QED) is 0.511. The number of rotatable bonds is 10. The van der Waals surface area contributed by atoms with Crippen molar-refractivity contribution in [3.63, 3.8) is 0 Å². The van der Waals surface area contributed by atoms with Gasteiger partial charge in [-0.3, -0.25) is 0 Å². The van der Waals surface area contributed by atoms with Gasteiger partial charge in [0.05, 0.1) is 6.10 Å². The summed E-state index contributed by atoms with van der Waals surface area (Å²) in [6.07, 6.45) is 1.42. The Morgan fingerprint density at radius 1 is 1.19 bits per heavy atom. The molecule has 0 aliphatic carbocycles. The van der Waals surface area contributed by atoms with Crippen LogP contribution in [0.1, 0.15) is 33.6 Å². The average Bonchev–Trinajstić information content (AvgIpc) is 2.31. The first-order valence-corrected chi connectivity index (χ1v) is 6.42. The third kappa shape index (κ3) is 7.17. The summed E-state index contributed by atoms with van der Waals surface area (Å²) in [5, 5.41) is 22.0. The molecule has 3 N–H and O–H groups in total. The van der Waals surface area contributed by atoms with E-state index in [-0.39, 0.29) is 12.7 Å². The largest absolute Gasteiger partial charge is 0.396 e. The van der Waals surface area contributed by atoms with Crippen LogP contribution in [0, 0.1) is 0 Å². The Kier molecular flexibility index (Phi) is 9.92. The van der Waals surface area contributed by atoms with E-state index in [1.165, 1.54) is 0 Å². The van der Waals surface area contributed by atoms with E-state index in [4.69, 9.17) is 5.11 Å². The lowest BCUT2D eigenvalue weighted by Gasteiger charge is -2.24. The molecule has 0 saturated carbocycles. The zero-order chi connectivity index (χ0) is 12.4. The highest BCUT2D eigenvalue weighted by Gasteiger charge is 2.11. The zero-order valence-electron chi connectivity index (χ0n) is 10.9. The molecule has 0 spiro atoms. The fourth-order valence-electron chi connectivity index (χ4n) is 1.75. The smallest absolute Gasteiger partial charge is 0.0791 e. The van der Waals surface area contributed by atoms with Crippen LogP contribution in [0.2, 0.25) is 0 Å². The molecule has 0 saturated heterocycles. The maximum atomic E-state index is 9.83. The van der Waals surface area contributed by atoms with Crippen LogP contribution in [0.25, 0.3) is 0 Å². The van der Waals surface area contributed by atoms with Gasteiger partial charge in [-0.25, -0.2) is 0 Å². The minimum absolute atomic E-state index is 0.206. The van der Waals surface area contributed by atoms with Crippen LogP contribution < -0.4 is 5.32 Å². The van der Waals surface area contributed by atoms with Gasteiger partial charge < -0.3 is 20.4 Å². The van der Waals surface area contributed by atoms with Crippen molar-refractivity contribution in [3.05, 3.63) is 0 Å². The first-order chi connectivity index (χ1) is 7.67. The molecule has 0 heterocycles. The molecule has 2 atom stereocenters. The van der Waals surface area contributed by atoms with E-state index in [2.05, 4.69) is 31.0 Å². The van der Waals surface area contributed by atoms with Gasteiger partial charge in [-0.15, -0.1) is 0 Å². The monoisotopic (exact) mass is 232 g/mol. The van der Waals surface area contributed by atoms with Gasteiger partial charge >= 0.3 is 0 Å². The second-order valence-corrected chi connectivity index (χ2v) is 4.17. The predicted molar refractivity (Wildman–Crippen MR) is 67.6 cm³/mol. The Bertz CT molecular complexity index is 152. The SMILES string of the molecule is CCC(CCO)NCC(O)CN(CC)CC. The summed E-state index contributed by atoms with van der Waals surface area (Å²) in [6.45, 7) is 9.77. The third-order valence-corrected chi connectivity index (χ3v) is 2.98. The van der Waals surface area contributed by atoms with Crippen molar-refractivity contribution >= 4 is 0 Å². The molecule has 0 aliphatic heterocycles. The van der Waals surface area contributed by atoms with Gasteiger partial charge in [0.2, 0.25) is 0 Å². The molecule has 0 rings (SSSR count). The number of nitrogens with one attached hydrogen (secondary N) is 1. The Morgan fingerprint density at radius 3 is 2.25 bits per heavy atom. The van der Waals surface area contributed by atoms with Crippen molar-refractivity contribution in [2.75, 3.05) is 32.8 Å². The van der Waals surface area contributed by atoms with Crippen LogP contribution >= 0.6 is 0 Å². The summed E-state index contributed by atoms with van der Waals surface area (Å²) in [6, 6.07) is 0.316. The Balaban J connectivity index is 3.73. The van der Waals surface area contributed by atoms with E-state index in [9.17, 15) is 5.11 Å². The highest BCUT2D eigenvalue weighted by molar-refractivity contribution is 4.70. The maximum Gasteiger partial charge on any atom is 0.0791 e. The lowest BCUT2D eigenvalue weighted by atomic mass is 10.1. The minimum Gasteiger partial charge on any atom is -0.396 e. The third-order valence-electron chi connectivity index (χ3n) is 2.98. The first kappa shape index (κ1) is 15.8. The van der Waals surface area contributed by atoms with Crippen LogP contribution in [0.3, 0.4) is 0 Å². The zero-order valence-corrected chi connectivity index (χ0v) is 10.9. The highest BCUT2D eigenvalue weighted by atomic mass is 16.3. The Hall–Kier alpha value is -0.160. The standard InChI is InChI=1S/C12H28N2O2/c1-4-11(7-8-15)13-9-12(16)10-14(5-2)6-3/h11-13,15-16H,4-10H2,1-3H3. The van der Waals surface area contributed by atoms with Crippen molar-refractivity contribution in [2.24, 2.45) is 0 Å². The van der Waals surface area contributed by atoms with Gasteiger partial charge in [0.15, 0.2) is 0 Å². The molecule has 0 aromatic rings. The van der Waals surface area contributed by atoms with E-state index < -0.39 is 0 Å². The summed E-state index contributed by atoms with van der Waals surface area (Å²) in [7, 11) is 0. The molecule has 2 unspecified atom stereocenters. The second-order valence-electron chi connectivity index (χ2n) is 4.17. The number of hydrogen-bond donors (Lipinski definition) is 3. The van der Waals surface area contributed by atoms with Gasteiger partial charge in [-0.1, -0.05) is 20.8 Å². The minimum atomic E-state index is -0.326. The molecule has 0 fully saturated rings. The fourth-order valence-corrected chi connectivity index (χ4v) is 1.75. The molecule has 0 aromatic heterocycles. The molecular formula is C12H28N2O2. The van der Waals surface area contributed by atoms with E-state index in [0.717, 1.165) is 32.5 Å². The van der Waals surface area contributed by atoms with Crippen LogP contribution in [-0.2, 0) is 0 Å². The predicted octanol–water partition coefficient (Wildman–Crippen LogP) is 0.440. The van der Waals surface area contributed by atoms with Crippen molar-refractivity contribution in [1.29, 1.82) is 0 Å². The first-order valence-electron chi connectivity index (χ1n) is 6.42. The van der Waals surface area contributed by atoms with Gasteiger partial charge in [0.25, 0.3) is 0 Å². The van der Waals surface area contributed by atoms with Crippen LogP contribution in [0.5, 0.6) is 0 Å². The van der Waals surface area contributed by atoms with Gasteiger partial charge in [-0.05, 0) is 25.9 Å². The number of likely N-dealkylation sites (N-methyl/N-ethyl adjacent to an activating group) is 1. The molecule has 0 bridgehead atoms. The van der Waals surface area contributed by atoms with E-state index in [1.807, 2.05) is 0 Å². The van der Waals surface area contributed by atoms with Crippen molar-refractivity contribution in [2.45, 2.75) is 45.8 Å². The van der Waals surface area contributed by atoms with Crippen LogP contribution in [-0.4, -0.2) is 60.0 Å². The molecule has 0 aromatic carbocycles. The number of hydrogen-bond acceptors (Lipinski definition) is 4. The summed E-state index contributed by atoms with van der Waals surface area (Å²) >= 11 is 0. The molecule has 98 valence electrons. The lowest BCUT2D eigenvalue weighted by molar-refractivity contribution is 0.112. The second kappa shape index (κ2) is 10.0. The fraction of sp³-hybridized carbons (Fsp3) is 1.00. The normalized spacial score (nSPS) is 15.4. The molecule has 0 amide bonds. The van der Waals surface area contributed by atoms with Gasteiger partial charge in [-0.2, -0.15) is 0 Å². The van der Waals surface area contributed by atoms with E-state index in [0.29, 0.717) is 12.6 Å². The molecule has 4 heteroatoms. The van der Waals surface area contributed by atoms with E-state index in [1.54, 1.807) is 0 Å².